The third-order valence-corrected chi connectivity index (χ3v) is 3.96. The minimum Gasteiger partial charge on any atom is -0.356 e. The van der Waals surface area contributed by atoms with E-state index in [0.717, 1.165) is 11.4 Å². The van der Waals surface area contributed by atoms with Crippen LogP contribution in [0.3, 0.4) is 0 Å². The van der Waals surface area contributed by atoms with Gasteiger partial charge in [0.25, 0.3) is 0 Å². The molecule has 20 heavy (non-hydrogen) atoms. The Hall–Kier alpha value is -1.55. The van der Waals surface area contributed by atoms with Crippen molar-refractivity contribution in [2.45, 2.75) is 10.3 Å². The van der Waals surface area contributed by atoms with E-state index in [1.54, 1.807) is 0 Å². The van der Waals surface area contributed by atoms with Crippen LogP contribution in [0, 0.1) is 0 Å². The summed E-state index contributed by atoms with van der Waals surface area (Å²) in [6.07, 6.45) is 8.83. The Kier molecular flexibility index (Phi) is 3.66. The number of halogens is 1. The van der Waals surface area contributed by atoms with Gasteiger partial charge in [-0.05, 0) is 41.6 Å². The summed E-state index contributed by atoms with van der Waals surface area (Å²) in [5.41, 5.74) is 2.23. The highest BCUT2D eigenvalue weighted by atomic mass is 127. The number of fused-ring (bicyclic) bond motifs is 1. The molecule has 1 aliphatic rings. The van der Waals surface area contributed by atoms with E-state index < -0.39 is 0 Å². The van der Waals surface area contributed by atoms with Crippen LogP contribution in [0.2, 0.25) is 0 Å². The fourth-order valence-corrected chi connectivity index (χ4v) is 2.85. The molecular weight excluding hydrogens is 357 g/mol. The molecule has 0 spiro atoms. The highest BCUT2D eigenvalue weighted by Crippen LogP contribution is 2.22. The second-order valence-electron chi connectivity index (χ2n) is 5.16. The molecule has 0 heterocycles. The molecular formula is C18H16IN. The second kappa shape index (κ2) is 5.44. The van der Waals surface area contributed by atoms with Crippen molar-refractivity contribution in [2.24, 2.45) is 0 Å². The number of hydrogen-bond donors (Lipinski definition) is 1. The van der Waals surface area contributed by atoms with Crippen molar-refractivity contribution in [3.05, 3.63) is 71.1 Å². The average Bonchev–Trinajstić information content (AvgIpc) is 2.56. The van der Waals surface area contributed by atoms with Gasteiger partial charge in [-0.15, -0.1) is 0 Å². The average molecular weight is 373 g/mol. The quantitative estimate of drug-likeness (QED) is 0.625. The van der Waals surface area contributed by atoms with E-state index in [-0.39, 0.29) is 3.42 Å². The van der Waals surface area contributed by atoms with Gasteiger partial charge in [0.15, 0.2) is 0 Å². The van der Waals surface area contributed by atoms with Crippen molar-refractivity contribution in [2.75, 3.05) is 5.32 Å². The lowest BCUT2D eigenvalue weighted by Crippen LogP contribution is -2.26. The van der Waals surface area contributed by atoms with Crippen molar-refractivity contribution >= 4 is 46.1 Å². The lowest BCUT2D eigenvalue weighted by molar-refractivity contribution is 1.12. The molecule has 0 amide bonds. The molecule has 0 aromatic heterocycles. The summed E-state index contributed by atoms with van der Waals surface area (Å²) in [5.74, 6) is 0. The molecule has 0 radical (unpaired) electrons. The molecule has 1 atom stereocenters. The molecule has 100 valence electrons. The Labute approximate surface area is 132 Å². The Bertz CT molecular complexity index is 758. The Morgan fingerprint density at radius 1 is 0.950 bits per heavy atom. The van der Waals surface area contributed by atoms with Gasteiger partial charge >= 0.3 is 0 Å². The summed E-state index contributed by atoms with van der Waals surface area (Å²) in [7, 11) is 0. The first-order chi connectivity index (χ1) is 9.62. The first kappa shape index (κ1) is 13.4. The highest BCUT2D eigenvalue weighted by molar-refractivity contribution is 14.1. The topological polar surface area (TPSA) is 12.0 Å². The Balaban J connectivity index is 2.02. The zero-order chi connectivity index (χ0) is 14.0. The molecule has 0 aliphatic heterocycles. The molecule has 0 bridgehead atoms. The lowest BCUT2D eigenvalue weighted by Gasteiger charge is -2.11. The van der Waals surface area contributed by atoms with Crippen LogP contribution in [0.5, 0.6) is 0 Å². The van der Waals surface area contributed by atoms with Gasteiger partial charge in [-0.25, -0.2) is 0 Å². The number of anilines is 2. The summed E-state index contributed by atoms with van der Waals surface area (Å²) in [5, 5.41) is 5.98. The molecule has 1 nitrogen and oxygen atoms in total. The van der Waals surface area contributed by atoms with Crippen LogP contribution in [0.25, 0.3) is 12.2 Å². The minimum atomic E-state index is 0.0604. The van der Waals surface area contributed by atoms with Crippen LogP contribution in [0.4, 0.5) is 11.4 Å². The van der Waals surface area contributed by atoms with E-state index in [4.69, 9.17) is 0 Å². The third kappa shape index (κ3) is 3.12. The van der Waals surface area contributed by atoms with Crippen molar-refractivity contribution in [3.63, 3.8) is 0 Å². The number of para-hydroxylation sites is 1. The summed E-state index contributed by atoms with van der Waals surface area (Å²) in [6, 6.07) is 16.8. The predicted molar refractivity (Wildman–Crippen MR) is 95.9 cm³/mol. The summed E-state index contributed by atoms with van der Waals surface area (Å²) < 4.78 is 0.0604. The summed E-state index contributed by atoms with van der Waals surface area (Å²) in [6.45, 7) is 2.21. The number of benzene rings is 2. The van der Waals surface area contributed by atoms with Crippen LogP contribution in [-0.2, 0) is 0 Å². The second-order valence-corrected chi connectivity index (χ2v) is 7.48. The first-order valence-corrected chi connectivity index (χ1v) is 7.74. The number of rotatable bonds is 2. The maximum Gasteiger partial charge on any atom is 0.0564 e. The highest BCUT2D eigenvalue weighted by Gasteiger charge is 2.12. The molecule has 0 saturated heterocycles. The van der Waals surface area contributed by atoms with E-state index in [2.05, 4.69) is 89.5 Å². The molecule has 2 heteroatoms. The fourth-order valence-electron chi connectivity index (χ4n) is 2.31. The van der Waals surface area contributed by atoms with Crippen molar-refractivity contribution in [1.29, 1.82) is 0 Å². The summed E-state index contributed by atoms with van der Waals surface area (Å²) in [4.78, 5) is 0. The van der Waals surface area contributed by atoms with Gasteiger partial charge in [-0.1, -0.05) is 71.2 Å². The smallest absolute Gasteiger partial charge is 0.0564 e. The molecule has 2 aromatic rings. The van der Waals surface area contributed by atoms with Gasteiger partial charge in [-0.3, -0.25) is 0 Å². The molecule has 0 fully saturated rings. The van der Waals surface area contributed by atoms with Crippen LogP contribution in [0.15, 0.2) is 60.7 Å². The molecule has 3 rings (SSSR count). The normalized spacial score (nSPS) is 20.3. The van der Waals surface area contributed by atoms with E-state index in [1.165, 1.54) is 10.4 Å². The van der Waals surface area contributed by atoms with Crippen LogP contribution in [-0.4, -0.2) is 3.42 Å². The number of hydrogen-bond acceptors (Lipinski definition) is 1. The van der Waals surface area contributed by atoms with E-state index in [0.29, 0.717) is 0 Å². The zero-order valence-corrected chi connectivity index (χ0v) is 13.5. The van der Waals surface area contributed by atoms with Gasteiger partial charge in [0.05, 0.1) is 3.42 Å². The largest absolute Gasteiger partial charge is 0.356 e. The molecule has 1 aliphatic carbocycles. The van der Waals surface area contributed by atoms with Crippen LogP contribution >= 0.6 is 22.6 Å². The van der Waals surface area contributed by atoms with Gasteiger partial charge in [0.1, 0.15) is 0 Å². The van der Waals surface area contributed by atoms with Crippen LogP contribution < -0.4 is 15.8 Å². The van der Waals surface area contributed by atoms with Gasteiger partial charge in [0, 0.05) is 11.4 Å². The van der Waals surface area contributed by atoms with E-state index in [9.17, 15) is 0 Å². The minimum absolute atomic E-state index is 0.0604. The Morgan fingerprint density at radius 3 is 2.55 bits per heavy atom. The van der Waals surface area contributed by atoms with E-state index >= 15 is 0 Å². The van der Waals surface area contributed by atoms with Crippen LogP contribution in [0.1, 0.15) is 6.92 Å². The standard InChI is InChI=1S/C18H16IN/c1-18(19)11-5-6-14-9-10-17(12-15(14)13-18)20-16-7-3-2-4-8-16/h2-13,20H,1H3. The lowest BCUT2D eigenvalue weighted by atomic mass is 10.1. The Morgan fingerprint density at radius 2 is 1.75 bits per heavy atom. The molecule has 1 unspecified atom stereocenters. The number of allylic oxidation sites excluding steroid dienone is 2. The maximum absolute atomic E-state index is 3.45. The molecule has 0 saturated carbocycles. The van der Waals surface area contributed by atoms with Gasteiger partial charge < -0.3 is 5.32 Å². The monoisotopic (exact) mass is 373 g/mol. The van der Waals surface area contributed by atoms with Gasteiger partial charge in [-0.2, -0.15) is 0 Å². The zero-order valence-electron chi connectivity index (χ0n) is 11.3. The third-order valence-electron chi connectivity index (χ3n) is 3.28. The van der Waals surface area contributed by atoms with Crippen molar-refractivity contribution in [3.8, 4) is 0 Å². The predicted octanol–water partition coefficient (Wildman–Crippen LogP) is 3.75. The van der Waals surface area contributed by atoms with E-state index in [1.807, 2.05) is 18.2 Å². The molecule has 2 aromatic carbocycles. The fraction of sp³-hybridized carbons (Fsp3) is 0.111. The van der Waals surface area contributed by atoms with Gasteiger partial charge in [0.2, 0.25) is 0 Å². The summed E-state index contributed by atoms with van der Waals surface area (Å²) >= 11 is 2.47. The number of nitrogens with one attached hydrogen (secondary N) is 1. The van der Waals surface area contributed by atoms with Crippen molar-refractivity contribution in [1.82, 2.24) is 0 Å². The first-order valence-electron chi connectivity index (χ1n) is 6.66. The SMILES string of the molecule is CC1(I)C=CC=c2ccc(Nc3ccccc3)cc2=C1. The maximum atomic E-state index is 3.45. The number of alkyl halides is 1. The molecule has 1 N–H and O–H groups in total. The van der Waals surface area contributed by atoms with Crippen molar-refractivity contribution < 1.29 is 0 Å².